The van der Waals surface area contributed by atoms with Crippen LogP contribution in [-0.2, 0) is 22.4 Å². The van der Waals surface area contributed by atoms with Crippen LogP contribution in [0.4, 0.5) is 0 Å². The fraction of sp³-hybridized carbons (Fsp3) is 0.429. The van der Waals surface area contributed by atoms with Crippen molar-refractivity contribution >= 4 is 34.8 Å². The van der Waals surface area contributed by atoms with Crippen molar-refractivity contribution < 1.29 is 9.59 Å². The summed E-state index contributed by atoms with van der Waals surface area (Å²) in [7, 11) is 0. The predicted octanol–water partition coefficient (Wildman–Crippen LogP) is 4.12. The largest absolute Gasteiger partial charge is 0.353 e. The molecule has 4 nitrogen and oxygen atoms in total. The molecule has 0 saturated carbocycles. The molecular formula is C21H25ClN2O2S. The number of rotatable bonds is 8. The smallest absolute Gasteiger partial charge is 0.220 e. The van der Waals surface area contributed by atoms with Gasteiger partial charge in [-0.1, -0.05) is 23.7 Å². The van der Waals surface area contributed by atoms with Gasteiger partial charge in [0.05, 0.1) is 0 Å². The van der Waals surface area contributed by atoms with E-state index >= 15 is 0 Å². The minimum Gasteiger partial charge on any atom is -0.353 e. The number of carbonyl (C=O) groups excluding carboxylic acids is 2. The lowest BCUT2D eigenvalue weighted by atomic mass is 9.85. The molecule has 2 aromatic rings. The Balaban J connectivity index is 1.55. The number of hydrogen-bond donors (Lipinski definition) is 2. The number of amides is 2. The van der Waals surface area contributed by atoms with Crippen LogP contribution in [0.25, 0.3) is 0 Å². The lowest BCUT2D eigenvalue weighted by Gasteiger charge is -2.29. The molecule has 3 rings (SSSR count). The van der Waals surface area contributed by atoms with Gasteiger partial charge in [0, 0.05) is 29.4 Å². The van der Waals surface area contributed by atoms with E-state index in [1.54, 1.807) is 11.3 Å². The molecule has 0 spiro atoms. The Morgan fingerprint density at radius 2 is 2.07 bits per heavy atom. The summed E-state index contributed by atoms with van der Waals surface area (Å²) in [4.78, 5) is 24.3. The molecule has 1 aliphatic heterocycles. The van der Waals surface area contributed by atoms with Crippen LogP contribution in [0.5, 0.6) is 0 Å². The van der Waals surface area contributed by atoms with E-state index in [-0.39, 0.29) is 23.4 Å². The first-order valence-electron chi connectivity index (χ1n) is 9.30. The standard InChI is InChI=1S/C21H25ClN2O2S/c1-15(12-17-8-11-27-14-17)23-19(25)6-9-21(10-7-20(26)24-21)13-16-2-4-18(22)5-3-16/h2-5,8,11,14-15H,6-7,9-10,12-13H2,1H3,(H,23,25)(H,24,26). The molecule has 1 aromatic heterocycles. The van der Waals surface area contributed by atoms with Gasteiger partial charge in [-0.15, -0.1) is 0 Å². The Morgan fingerprint density at radius 1 is 1.30 bits per heavy atom. The zero-order valence-corrected chi connectivity index (χ0v) is 17.0. The van der Waals surface area contributed by atoms with Crippen LogP contribution in [0.2, 0.25) is 5.02 Å². The topological polar surface area (TPSA) is 58.2 Å². The first-order chi connectivity index (χ1) is 12.9. The summed E-state index contributed by atoms with van der Waals surface area (Å²) in [6.07, 6.45) is 3.87. The molecule has 1 fully saturated rings. The Bertz CT molecular complexity index is 776. The minimum atomic E-state index is -0.348. The second-order valence-corrected chi connectivity index (χ2v) is 8.65. The average Bonchev–Trinajstić information content (AvgIpc) is 3.25. The zero-order valence-electron chi connectivity index (χ0n) is 15.5. The van der Waals surface area contributed by atoms with Crippen molar-refractivity contribution in [3.8, 4) is 0 Å². The van der Waals surface area contributed by atoms with Crippen LogP contribution in [0, 0.1) is 0 Å². The van der Waals surface area contributed by atoms with Gasteiger partial charge in [-0.2, -0.15) is 11.3 Å². The quantitative estimate of drug-likeness (QED) is 0.695. The molecule has 1 aliphatic rings. The molecule has 0 aliphatic carbocycles. The minimum absolute atomic E-state index is 0.0364. The maximum Gasteiger partial charge on any atom is 0.220 e. The molecule has 2 unspecified atom stereocenters. The van der Waals surface area contributed by atoms with Crippen LogP contribution in [0.1, 0.15) is 43.7 Å². The lowest BCUT2D eigenvalue weighted by Crippen LogP contribution is -2.45. The second kappa shape index (κ2) is 8.89. The fourth-order valence-electron chi connectivity index (χ4n) is 3.69. The van der Waals surface area contributed by atoms with E-state index in [9.17, 15) is 9.59 Å². The van der Waals surface area contributed by atoms with E-state index in [4.69, 9.17) is 11.6 Å². The van der Waals surface area contributed by atoms with Gasteiger partial charge in [-0.05, 0) is 72.7 Å². The molecule has 144 valence electrons. The normalized spacial score (nSPS) is 20.3. The summed E-state index contributed by atoms with van der Waals surface area (Å²) in [5.74, 6) is 0.101. The van der Waals surface area contributed by atoms with E-state index in [0.717, 1.165) is 18.4 Å². The third-order valence-corrected chi connectivity index (χ3v) is 6.03. The molecule has 2 heterocycles. The Kier molecular flexibility index (Phi) is 6.55. The molecule has 1 saturated heterocycles. The maximum absolute atomic E-state index is 12.4. The molecule has 0 bridgehead atoms. The van der Waals surface area contributed by atoms with E-state index in [2.05, 4.69) is 22.1 Å². The third kappa shape index (κ3) is 5.81. The van der Waals surface area contributed by atoms with E-state index in [1.165, 1.54) is 5.56 Å². The van der Waals surface area contributed by atoms with E-state index in [1.807, 2.05) is 36.6 Å². The summed E-state index contributed by atoms with van der Waals surface area (Å²) in [6.45, 7) is 2.02. The molecule has 6 heteroatoms. The molecule has 2 amide bonds. The molecule has 2 N–H and O–H groups in total. The second-order valence-electron chi connectivity index (χ2n) is 7.44. The fourth-order valence-corrected chi connectivity index (χ4v) is 4.50. The Morgan fingerprint density at radius 3 is 2.70 bits per heavy atom. The van der Waals surface area contributed by atoms with Crippen molar-refractivity contribution in [3.63, 3.8) is 0 Å². The van der Waals surface area contributed by atoms with Gasteiger partial charge in [0.15, 0.2) is 0 Å². The monoisotopic (exact) mass is 404 g/mol. The van der Waals surface area contributed by atoms with Gasteiger partial charge in [0.2, 0.25) is 11.8 Å². The van der Waals surface area contributed by atoms with E-state index < -0.39 is 0 Å². The molecular weight excluding hydrogens is 380 g/mol. The first-order valence-corrected chi connectivity index (χ1v) is 10.6. The van der Waals surface area contributed by atoms with Gasteiger partial charge >= 0.3 is 0 Å². The van der Waals surface area contributed by atoms with Crippen LogP contribution in [0.15, 0.2) is 41.1 Å². The highest BCUT2D eigenvalue weighted by Crippen LogP contribution is 2.30. The van der Waals surface area contributed by atoms with Crippen molar-refractivity contribution in [2.45, 2.75) is 57.0 Å². The number of benzene rings is 1. The summed E-state index contributed by atoms with van der Waals surface area (Å²) < 4.78 is 0. The molecule has 0 radical (unpaired) electrons. The van der Waals surface area contributed by atoms with Crippen LogP contribution < -0.4 is 10.6 Å². The van der Waals surface area contributed by atoms with Gasteiger partial charge in [0.1, 0.15) is 0 Å². The van der Waals surface area contributed by atoms with Gasteiger partial charge in [-0.25, -0.2) is 0 Å². The Labute approximate surface area is 169 Å². The predicted molar refractivity (Wildman–Crippen MR) is 110 cm³/mol. The highest BCUT2D eigenvalue weighted by molar-refractivity contribution is 7.07. The summed E-state index contributed by atoms with van der Waals surface area (Å²) in [6, 6.07) is 9.87. The first kappa shape index (κ1) is 19.9. The molecule has 1 aromatic carbocycles. The SMILES string of the molecule is CC(Cc1ccsc1)NC(=O)CCC1(Cc2ccc(Cl)cc2)CCC(=O)N1. The summed E-state index contributed by atoms with van der Waals surface area (Å²) >= 11 is 7.63. The lowest BCUT2D eigenvalue weighted by molar-refractivity contribution is -0.123. The van der Waals surface area contributed by atoms with Crippen molar-refractivity contribution in [2.24, 2.45) is 0 Å². The van der Waals surface area contributed by atoms with Gasteiger partial charge in [-0.3, -0.25) is 9.59 Å². The van der Waals surface area contributed by atoms with Crippen LogP contribution >= 0.6 is 22.9 Å². The molecule has 2 atom stereocenters. The third-order valence-electron chi connectivity index (χ3n) is 5.05. The number of hydrogen-bond acceptors (Lipinski definition) is 3. The highest BCUT2D eigenvalue weighted by atomic mass is 35.5. The van der Waals surface area contributed by atoms with Crippen molar-refractivity contribution in [3.05, 3.63) is 57.2 Å². The molecule has 27 heavy (non-hydrogen) atoms. The number of halogens is 1. The van der Waals surface area contributed by atoms with Gasteiger partial charge in [0.25, 0.3) is 0 Å². The van der Waals surface area contributed by atoms with Crippen LogP contribution in [-0.4, -0.2) is 23.4 Å². The van der Waals surface area contributed by atoms with E-state index in [0.29, 0.717) is 30.7 Å². The Hall–Kier alpha value is -1.85. The van der Waals surface area contributed by atoms with Crippen molar-refractivity contribution in [1.82, 2.24) is 10.6 Å². The average molecular weight is 405 g/mol. The number of thiophene rings is 1. The zero-order chi connectivity index (χ0) is 19.3. The number of carbonyl (C=O) groups is 2. The van der Waals surface area contributed by atoms with Crippen molar-refractivity contribution in [1.29, 1.82) is 0 Å². The van der Waals surface area contributed by atoms with Crippen molar-refractivity contribution in [2.75, 3.05) is 0 Å². The summed E-state index contributed by atoms with van der Waals surface area (Å²) in [5, 5.41) is 11.1. The highest BCUT2D eigenvalue weighted by Gasteiger charge is 2.37. The summed E-state index contributed by atoms with van der Waals surface area (Å²) in [5.41, 5.74) is 2.02. The maximum atomic E-state index is 12.4. The number of nitrogens with one attached hydrogen (secondary N) is 2. The van der Waals surface area contributed by atoms with Gasteiger partial charge < -0.3 is 10.6 Å². The van der Waals surface area contributed by atoms with Crippen LogP contribution in [0.3, 0.4) is 0 Å².